The minimum atomic E-state index is -0.0489. The van der Waals surface area contributed by atoms with E-state index in [4.69, 9.17) is 14.2 Å². The van der Waals surface area contributed by atoms with Gasteiger partial charge in [-0.2, -0.15) is 0 Å². The third-order valence-corrected chi connectivity index (χ3v) is 4.18. The average Bonchev–Trinajstić information content (AvgIpc) is 2.64. The topological polar surface area (TPSA) is 30.9 Å². The Hall–Kier alpha value is -2.46. The molecule has 2 aromatic carbocycles. The van der Waals surface area contributed by atoms with Crippen LogP contribution in [0.15, 0.2) is 60.9 Å². The number of likely N-dealkylation sites (N-methyl/N-ethyl adjacent to an activating group) is 1. The molecular formula is C23H31NO3. The number of ether oxygens (including phenoxy) is 3. The van der Waals surface area contributed by atoms with Crippen molar-refractivity contribution in [3.8, 4) is 11.5 Å². The van der Waals surface area contributed by atoms with Crippen LogP contribution in [0.1, 0.15) is 18.1 Å². The van der Waals surface area contributed by atoms with Crippen LogP contribution in [0.2, 0.25) is 0 Å². The molecule has 0 aliphatic carbocycles. The second-order valence-electron chi connectivity index (χ2n) is 6.97. The molecule has 0 amide bonds. The number of hydrogen-bond donors (Lipinski definition) is 0. The number of aryl methyl sites for hydroxylation is 2. The molecule has 0 aromatic heterocycles. The fourth-order valence-electron chi connectivity index (χ4n) is 2.92. The van der Waals surface area contributed by atoms with Gasteiger partial charge in [-0.05, 0) is 63.2 Å². The number of hydrogen-bond acceptors (Lipinski definition) is 4. The molecule has 0 fully saturated rings. The Balaban J connectivity index is 1.97. The van der Waals surface area contributed by atoms with E-state index in [9.17, 15) is 0 Å². The largest absolute Gasteiger partial charge is 0.497 e. The van der Waals surface area contributed by atoms with Crippen LogP contribution >= 0.6 is 0 Å². The lowest BCUT2D eigenvalue weighted by molar-refractivity contribution is 0.0505. The Kier molecular flexibility index (Phi) is 8.21. The molecule has 0 N–H and O–H groups in total. The molecule has 1 atom stereocenters. The lowest BCUT2D eigenvalue weighted by Crippen LogP contribution is -2.33. The van der Waals surface area contributed by atoms with Crippen LogP contribution in [0, 0.1) is 0 Å². The highest BCUT2D eigenvalue weighted by Crippen LogP contribution is 2.21. The molecule has 27 heavy (non-hydrogen) atoms. The van der Waals surface area contributed by atoms with Crippen LogP contribution in [0.3, 0.4) is 0 Å². The molecule has 1 unspecified atom stereocenters. The van der Waals surface area contributed by atoms with Gasteiger partial charge in [-0.15, -0.1) is 0 Å². The molecular weight excluding hydrogens is 338 g/mol. The second kappa shape index (κ2) is 10.6. The van der Waals surface area contributed by atoms with Gasteiger partial charge in [0.05, 0.1) is 12.9 Å². The lowest BCUT2D eigenvalue weighted by Gasteiger charge is -2.23. The van der Waals surface area contributed by atoms with Gasteiger partial charge in [0.2, 0.25) is 0 Å². The Morgan fingerprint density at radius 3 is 2.37 bits per heavy atom. The number of allylic oxidation sites excluding steroid dienone is 1. The van der Waals surface area contributed by atoms with E-state index in [1.165, 1.54) is 11.1 Å². The van der Waals surface area contributed by atoms with Crippen molar-refractivity contribution in [2.24, 2.45) is 0 Å². The van der Waals surface area contributed by atoms with Gasteiger partial charge in [-0.1, -0.05) is 36.9 Å². The first-order valence-corrected chi connectivity index (χ1v) is 9.28. The Morgan fingerprint density at radius 2 is 1.74 bits per heavy atom. The normalized spacial score (nSPS) is 11.9. The lowest BCUT2D eigenvalue weighted by atomic mass is 10.0. The van der Waals surface area contributed by atoms with Crippen molar-refractivity contribution in [1.82, 2.24) is 4.90 Å². The molecule has 146 valence electrons. The zero-order valence-corrected chi connectivity index (χ0v) is 16.9. The third-order valence-electron chi connectivity index (χ3n) is 4.18. The van der Waals surface area contributed by atoms with Crippen molar-refractivity contribution in [1.29, 1.82) is 0 Å². The van der Waals surface area contributed by atoms with Crippen LogP contribution in [-0.2, 0) is 17.6 Å². The SMILES string of the molecule is C=C(C)OC(COc1ccccc1CCc1ccc(OC)cc1)CN(C)C. The minimum Gasteiger partial charge on any atom is -0.497 e. The smallest absolute Gasteiger partial charge is 0.145 e. The third kappa shape index (κ3) is 7.35. The van der Waals surface area contributed by atoms with E-state index < -0.39 is 0 Å². The molecule has 4 nitrogen and oxygen atoms in total. The van der Waals surface area contributed by atoms with Gasteiger partial charge in [0.25, 0.3) is 0 Å². The van der Waals surface area contributed by atoms with E-state index in [-0.39, 0.29) is 6.10 Å². The summed E-state index contributed by atoms with van der Waals surface area (Å²) in [4.78, 5) is 2.09. The first-order valence-electron chi connectivity index (χ1n) is 9.28. The van der Waals surface area contributed by atoms with Gasteiger partial charge in [0.1, 0.15) is 24.2 Å². The minimum absolute atomic E-state index is 0.0489. The zero-order chi connectivity index (χ0) is 19.6. The number of nitrogens with zero attached hydrogens (tertiary/aromatic N) is 1. The summed E-state index contributed by atoms with van der Waals surface area (Å²) in [5.41, 5.74) is 2.48. The maximum absolute atomic E-state index is 6.11. The Morgan fingerprint density at radius 1 is 1.04 bits per heavy atom. The molecule has 0 heterocycles. The van der Waals surface area contributed by atoms with Crippen molar-refractivity contribution in [2.75, 3.05) is 34.4 Å². The van der Waals surface area contributed by atoms with Gasteiger partial charge >= 0.3 is 0 Å². The molecule has 0 spiro atoms. The molecule has 0 aliphatic rings. The summed E-state index contributed by atoms with van der Waals surface area (Å²) < 4.78 is 17.1. The first-order chi connectivity index (χ1) is 13.0. The molecule has 0 saturated heterocycles. The molecule has 0 bridgehead atoms. The van der Waals surface area contributed by atoms with Crippen LogP contribution in [-0.4, -0.2) is 45.4 Å². The van der Waals surface area contributed by atoms with Gasteiger partial charge in [-0.3, -0.25) is 0 Å². The summed E-state index contributed by atoms with van der Waals surface area (Å²) in [6.45, 7) is 6.98. The Labute approximate surface area is 163 Å². The van der Waals surface area contributed by atoms with Crippen molar-refractivity contribution >= 4 is 0 Å². The number of benzene rings is 2. The van der Waals surface area contributed by atoms with Gasteiger partial charge in [-0.25, -0.2) is 0 Å². The molecule has 4 heteroatoms. The summed E-state index contributed by atoms with van der Waals surface area (Å²) in [5.74, 6) is 2.50. The van der Waals surface area contributed by atoms with Crippen LogP contribution < -0.4 is 9.47 Å². The summed E-state index contributed by atoms with van der Waals surface area (Å²) in [6.07, 6.45) is 1.82. The predicted octanol–water partition coefficient (Wildman–Crippen LogP) is 4.34. The molecule has 2 aromatic rings. The predicted molar refractivity (Wildman–Crippen MR) is 111 cm³/mol. The average molecular weight is 370 g/mol. The van der Waals surface area contributed by atoms with Crippen LogP contribution in [0.4, 0.5) is 0 Å². The molecule has 0 radical (unpaired) electrons. The first kappa shape index (κ1) is 20.8. The van der Waals surface area contributed by atoms with Crippen molar-refractivity contribution in [2.45, 2.75) is 25.9 Å². The van der Waals surface area contributed by atoms with Gasteiger partial charge in [0.15, 0.2) is 0 Å². The fourth-order valence-corrected chi connectivity index (χ4v) is 2.92. The highest BCUT2D eigenvalue weighted by Gasteiger charge is 2.14. The van der Waals surface area contributed by atoms with Crippen LogP contribution in [0.5, 0.6) is 11.5 Å². The highest BCUT2D eigenvalue weighted by molar-refractivity contribution is 5.35. The van der Waals surface area contributed by atoms with E-state index in [1.54, 1.807) is 7.11 Å². The van der Waals surface area contributed by atoms with E-state index in [1.807, 2.05) is 45.3 Å². The van der Waals surface area contributed by atoms with Gasteiger partial charge < -0.3 is 19.1 Å². The maximum Gasteiger partial charge on any atom is 0.145 e. The summed E-state index contributed by atoms with van der Waals surface area (Å²) in [5, 5.41) is 0. The Bertz CT molecular complexity index is 710. The monoisotopic (exact) mass is 369 g/mol. The van der Waals surface area contributed by atoms with E-state index in [2.05, 4.69) is 35.7 Å². The summed E-state index contributed by atoms with van der Waals surface area (Å²) in [6, 6.07) is 16.4. The maximum atomic E-state index is 6.11. The van der Waals surface area contributed by atoms with E-state index in [0.717, 1.165) is 30.9 Å². The number of methoxy groups -OCH3 is 1. The quantitative estimate of drug-likeness (QED) is 0.551. The second-order valence-corrected chi connectivity index (χ2v) is 6.97. The fraction of sp³-hybridized carbons (Fsp3) is 0.391. The van der Waals surface area contributed by atoms with Crippen molar-refractivity contribution < 1.29 is 14.2 Å². The van der Waals surface area contributed by atoms with E-state index in [0.29, 0.717) is 12.4 Å². The summed E-state index contributed by atoms with van der Waals surface area (Å²) in [7, 11) is 5.74. The van der Waals surface area contributed by atoms with Crippen molar-refractivity contribution in [3.63, 3.8) is 0 Å². The van der Waals surface area contributed by atoms with Crippen LogP contribution in [0.25, 0.3) is 0 Å². The summed E-state index contributed by atoms with van der Waals surface area (Å²) >= 11 is 0. The highest BCUT2D eigenvalue weighted by atomic mass is 16.5. The molecule has 0 saturated carbocycles. The standard InChI is InChI=1S/C23H31NO3/c1-18(2)27-22(16-24(3)4)17-26-23-9-7-6-8-20(23)13-10-19-11-14-21(25-5)15-12-19/h6-9,11-12,14-15,22H,1,10,13,16-17H2,2-5H3. The van der Waals surface area contributed by atoms with E-state index >= 15 is 0 Å². The number of rotatable bonds is 11. The molecule has 0 aliphatic heterocycles. The number of para-hydroxylation sites is 1. The van der Waals surface area contributed by atoms with Crippen molar-refractivity contribution in [3.05, 3.63) is 72.0 Å². The zero-order valence-electron chi connectivity index (χ0n) is 16.9. The van der Waals surface area contributed by atoms with Gasteiger partial charge in [0, 0.05) is 6.54 Å². The molecule has 2 rings (SSSR count).